The van der Waals surface area contributed by atoms with E-state index in [4.69, 9.17) is 29.6 Å². The van der Waals surface area contributed by atoms with Gasteiger partial charge in [-0.3, -0.25) is 4.68 Å². The molecule has 96 valence electrons. The van der Waals surface area contributed by atoms with Gasteiger partial charge in [-0.2, -0.15) is 10.2 Å². The number of thiocarbonyl (C=S) groups is 1. The van der Waals surface area contributed by atoms with E-state index in [1.54, 1.807) is 9.36 Å². The largest absolute Gasteiger partial charge is 0.389 e. The van der Waals surface area contributed by atoms with E-state index in [-0.39, 0.29) is 0 Å². The van der Waals surface area contributed by atoms with Crippen molar-refractivity contribution in [2.45, 2.75) is 20.8 Å². The molecule has 0 amide bonds. The first-order chi connectivity index (χ1) is 8.34. The lowest BCUT2D eigenvalue weighted by atomic mass is 10.2. The molecular formula is C11H14ClN5S. The van der Waals surface area contributed by atoms with Crippen molar-refractivity contribution in [2.24, 2.45) is 12.8 Å². The van der Waals surface area contributed by atoms with E-state index < -0.39 is 0 Å². The number of aromatic nitrogens is 4. The van der Waals surface area contributed by atoms with Gasteiger partial charge in [-0.1, -0.05) is 23.8 Å². The van der Waals surface area contributed by atoms with E-state index in [2.05, 4.69) is 10.2 Å². The average Bonchev–Trinajstić information content (AvgIpc) is 2.70. The summed E-state index contributed by atoms with van der Waals surface area (Å²) in [7, 11) is 1.83. The highest BCUT2D eigenvalue weighted by atomic mass is 35.5. The lowest BCUT2D eigenvalue weighted by Gasteiger charge is -2.07. The zero-order valence-corrected chi connectivity index (χ0v) is 12.2. The highest BCUT2D eigenvalue weighted by Crippen LogP contribution is 2.25. The van der Waals surface area contributed by atoms with E-state index in [1.165, 1.54) is 0 Å². The van der Waals surface area contributed by atoms with Crippen LogP contribution in [0.4, 0.5) is 0 Å². The molecular weight excluding hydrogens is 270 g/mol. The number of halogens is 1. The van der Waals surface area contributed by atoms with E-state index in [0.717, 1.165) is 28.5 Å². The van der Waals surface area contributed by atoms with Crippen LogP contribution in [0, 0.1) is 20.8 Å². The Balaban J connectivity index is 2.78. The summed E-state index contributed by atoms with van der Waals surface area (Å²) in [5, 5.41) is 9.38. The molecule has 2 aromatic rings. The SMILES string of the molecule is Cc1nn(-c2c(C(N)=S)c(C)nn2C)c(C)c1Cl. The molecule has 0 saturated heterocycles. The Morgan fingerprint density at radius 2 is 1.83 bits per heavy atom. The lowest BCUT2D eigenvalue weighted by molar-refractivity contribution is 0.682. The van der Waals surface area contributed by atoms with Gasteiger partial charge in [0.05, 0.1) is 27.7 Å². The third-order valence-corrected chi connectivity index (χ3v) is 3.59. The predicted octanol–water partition coefficient (Wildman–Crippen LogP) is 1.82. The first kappa shape index (κ1) is 13.0. The fourth-order valence-corrected chi connectivity index (χ4v) is 2.36. The maximum atomic E-state index is 6.16. The normalized spacial score (nSPS) is 10.9. The molecule has 0 spiro atoms. The third kappa shape index (κ3) is 1.81. The summed E-state index contributed by atoms with van der Waals surface area (Å²) in [6.45, 7) is 5.62. The summed E-state index contributed by atoms with van der Waals surface area (Å²) in [4.78, 5) is 0.305. The molecule has 5 nitrogen and oxygen atoms in total. The molecule has 2 rings (SSSR count). The van der Waals surface area contributed by atoms with E-state index in [9.17, 15) is 0 Å². The molecule has 7 heteroatoms. The van der Waals surface area contributed by atoms with Crippen molar-refractivity contribution >= 4 is 28.8 Å². The van der Waals surface area contributed by atoms with Gasteiger partial charge in [0.2, 0.25) is 0 Å². The summed E-state index contributed by atoms with van der Waals surface area (Å²) in [5.74, 6) is 0.743. The lowest BCUT2D eigenvalue weighted by Crippen LogP contribution is -2.16. The number of nitrogens with two attached hydrogens (primary N) is 1. The van der Waals surface area contributed by atoms with Gasteiger partial charge in [0.25, 0.3) is 0 Å². The molecule has 0 fully saturated rings. The zero-order chi connectivity index (χ0) is 13.6. The van der Waals surface area contributed by atoms with Gasteiger partial charge in [-0.05, 0) is 20.8 Å². The molecule has 0 aromatic carbocycles. The molecule has 0 atom stereocenters. The summed E-state index contributed by atoms with van der Waals surface area (Å²) in [6, 6.07) is 0. The summed E-state index contributed by atoms with van der Waals surface area (Å²) < 4.78 is 3.44. The molecule has 0 radical (unpaired) electrons. The zero-order valence-electron chi connectivity index (χ0n) is 10.7. The van der Waals surface area contributed by atoms with E-state index >= 15 is 0 Å². The summed E-state index contributed by atoms with van der Waals surface area (Å²) in [5.41, 5.74) is 8.89. The summed E-state index contributed by atoms with van der Waals surface area (Å²) in [6.07, 6.45) is 0. The van der Waals surface area contributed by atoms with Gasteiger partial charge in [-0.25, -0.2) is 4.68 Å². The topological polar surface area (TPSA) is 61.7 Å². The van der Waals surface area contributed by atoms with Crippen LogP contribution in [0.2, 0.25) is 5.02 Å². The van der Waals surface area contributed by atoms with Crippen molar-refractivity contribution in [3.8, 4) is 5.82 Å². The Kier molecular flexibility index (Phi) is 3.16. The number of aryl methyl sites for hydroxylation is 3. The number of rotatable bonds is 2. The van der Waals surface area contributed by atoms with Crippen LogP contribution in [-0.2, 0) is 7.05 Å². The third-order valence-electron chi connectivity index (χ3n) is 2.84. The van der Waals surface area contributed by atoms with Gasteiger partial charge >= 0.3 is 0 Å². The standard InChI is InChI=1S/C11H14ClN5S/c1-5-8(10(13)18)11(16(4)14-5)17-7(3)9(12)6(2)15-17/h1-4H3,(H2,13,18). The molecule has 0 aliphatic rings. The smallest absolute Gasteiger partial charge is 0.162 e. The fraction of sp³-hybridized carbons (Fsp3) is 0.364. The monoisotopic (exact) mass is 283 g/mol. The van der Waals surface area contributed by atoms with Crippen LogP contribution >= 0.6 is 23.8 Å². The van der Waals surface area contributed by atoms with Crippen LogP contribution in [-0.4, -0.2) is 24.5 Å². The van der Waals surface area contributed by atoms with E-state index in [1.807, 2.05) is 27.8 Å². The molecule has 18 heavy (non-hydrogen) atoms. The van der Waals surface area contributed by atoms with Crippen molar-refractivity contribution in [3.05, 3.63) is 27.7 Å². The van der Waals surface area contributed by atoms with Gasteiger partial charge in [0.15, 0.2) is 5.82 Å². The Morgan fingerprint density at radius 1 is 1.22 bits per heavy atom. The minimum atomic E-state index is 0.305. The van der Waals surface area contributed by atoms with Crippen LogP contribution in [0.15, 0.2) is 0 Å². The van der Waals surface area contributed by atoms with Crippen LogP contribution in [0.5, 0.6) is 0 Å². The van der Waals surface area contributed by atoms with Gasteiger partial charge in [0.1, 0.15) is 4.99 Å². The second-order valence-electron chi connectivity index (χ2n) is 4.17. The predicted molar refractivity (Wildman–Crippen MR) is 75.4 cm³/mol. The molecule has 0 unspecified atom stereocenters. The Morgan fingerprint density at radius 3 is 2.28 bits per heavy atom. The maximum absolute atomic E-state index is 6.16. The molecule has 2 aromatic heterocycles. The number of nitrogens with zero attached hydrogens (tertiary/aromatic N) is 4. The fourth-order valence-electron chi connectivity index (χ4n) is 2.01. The molecule has 0 aliphatic heterocycles. The molecule has 0 saturated carbocycles. The summed E-state index contributed by atoms with van der Waals surface area (Å²) >= 11 is 11.2. The molecule has 0 aliphatic carbocycles. The van der Waals surface area contributed by atoms with Crippen molar-refractivity contribution < 1.29 is 0 Å². The highest BCUT2D eigenvalue weighted by Gasteiger charge is 2.21. The Bertz CT molecular complexity index is 640. The quantitative estimate of drug-likeness (QED) is 0.854. The van der Waals surface area contributed by atoms with Crippen LogP contribution < -0.4 is 5.73 Å². The second kappa shape index (κ2) is 4.37. The first-order valence-electron chi connectivity index (χ1n) is 5.40. The van der Waals surface area contributed by atoms with Gasteiger partial charge < -0.3 is 5.73 Å². The van der Waals surface area contributed by atoms with Crippen LogP contribution in [0.25, 0.3) is 5.82 Å². The highest BCUT2D eigenvalue weighted by molar-refractivity contribution is 7.80. The molecule has 0 bridgehead atoms. The van der Waals surface area contributed by atoms with Crippen LogP contribution in [0.1, 0.15) is 22.6 Å². The maximum Gasteiger partial charge on any atom is 0.162 e. The Hall–Kier alpha value is -1.40. The van der Waals surface area contributed by atoms with Crippen molar-refractivity contribution in [3.63, 3.8) is 0 Å². The first-order valence-corrected chi connectivity index (χ1v) is 6.18. The van der Waals surface area contributed by atoms with E-state index in [0.29, 0.717) is 10.0 Å². The minimum absolute atomic E-state index is 0.305. The second-order valence-corrected chi connectivity index (χ2v) is 4.99. The van der Waals surface area contributed by atoms with Gasteiger partial charge in [0, 0.05) is 7.05 Å². The molecule has 2 N–H and O–H groups in total. The average molecular weight is 284 g/mol. The Labute approximate surface area is 116 Å². The van der Waals surface area contributed by atoms with Crippen molar-refractivity contribution in [2.75, 3.05) is 0 Å². The van der Waals surface area contributed by atoms with Crippen molar-refractivity contribution in [1.82, 2.24) is 19.6 Å². The van der Waals surface area contributed by atoms with Crippen LogP contribution in [0.3, 0.4) is 0 Å². The molecule has 2 heterocycles. The number of hydrogen-bond donors (Lipinski definition) is 1. The minimum Gasteiger partial charge on any atom is -0.389 e. The van der Waals surface area contributed by atoms with Gasteiger partial charge in [-0.15, -0.1) is 0 Å². The van der Waals surface area contributed by atoms with Crippen molar-refractivity contribution in [1.29, 1.82) is 0 Å². The number of hydrogen-bond acceptors (Lipinski definition) is 3.